The second kappa shape index (κ2) is 9.07. The van der Waals surface area contributed by atoms with E-state index in [0.29, 0.717) is 12.2 Å². The van der Waals surface area contributed by atoms with Crippen molar-refractivity contribution in [3.05, 3.63) is 101 Å². The first-order chi connectivity index (χ1) is 16.8. The van der Waals surface area contributed by atoms with Crippen LogP contribution in [0.25, 0.3) is 11.0 Å². The summed E-state index contributed by atoms with van der Waals surface area (Å²) in [6, 6.07) is 17.2. The first-order valence-corrected chi connectivity index (χ1v) is 11.6. The van der Waals surface area contributed by atoms with Gasteiger partial charge in [0.05, 0.1) is 18.5 Å². The number of fused-ring (bicyclic) bond motifs is 2. The predicted octanol–water partition coefficient (Wildman–Crippen LogP) is 3.38. The number of benzene rings is 2. The highest BCUT2D eigenvalue weighted by molar-refractivity contribution is 5.85. The highest BCUT2D eigenvalue weighted by atomic mass is 15.3. The van der Waals surface area contributed by atoms with Crippen LogP contribution in [0.3, 0.4) is 0 Å². The Morgan fingerprint density at radius 1 is 0.912 bits per heavy atom. The van der Waals surface area contributed by atoms with Gasteiger partial charge in [-0.15, -0.1) is 0 Å². The van der Waals surface area contributed by atoms with Crippen LogP contribution < -0.4 is 10.6 Å². The van der Waals surface area contributed by atoms with Crippen molar-refractivity contribution in [1.29, 1.82) is 0 Å². The minimum atomic E-state index is 0.677. The van der Waals surface area contributed by atoms with Gasteiger partial charge in [0.15, 0.2) is 5.65 Å². The maximum atomic E-state index is 4.67. The zero-order valence-electron chi connectivity index (χ0n) is 18.9. The molecule has 0 atom stereocenters. The molecule has 0 aliphatic carbocycles. The Labute approximate surface area is 197 Å². The Balaban J connectivity index is 1.15. The van der Waals surface area contributed by atoms with E-state index in [0.717, 1.165) is 43.8 Å². The molecular weight excluding hydrogens is 424 g/mol. The second-order valence-corrected chi connectivity index (χ2v) is 8.69. The van der Waals surface area contributed by atoms with Crippen LogP contribution >= 0.6 is 0 Å². The van der Waals surface area contributed by atoms with Gasteiger partial charge in [-0.1, -0.05) is 42.5 Å². The van der Waals surface area contributed by atoms with Crippen LogP contribution in [-0.4, -0.2) is 36.1 Å². The molecule has 0 unspecified atom stereocenters. The Morgan fingerprint density at radius 2 is 1.74 bits per heavy atom. The highest BCUT2D eigenvalue weighted by Crippen LogP contribution is 2.21. The molecule has 6 rings (SSSR count). The summed E-state index contributed by atoms with van der Waals surface area (Å²) in [5.41, 5.74) is 7.20. The summed E-state index contributed by atoms with van der Waals surface area (Å²) in [7, 11) is 0. The maximum absolute atomic E-state index is 4.67. The fraction of sp³-hybridized carbons (Fsp3) is 0.231. The van der Waals surface area contributed by atoms with E-state index in [4.69, 9.17) is 0 Å². The molecule has 3 aromatic heterocycles. The first kappa shape index (κ1) is 20.6. The van der Waals surface area contributed by atoms with Gasteiger partial charge in [-0.05, 0) is 46.8 Å². The fourth-order valence-electron chi connectivity index (χ4n) is 4.45. The van der Waals surface area contributed by atoms with Gasteiger partial charge in [0.1, 0.15) is 12.1 Å². The van der Waals surface area contributed by atoms with Gasteiger partial charge in [0.2, 0.25) is 0 Å². The van der Waals surface area contributed by atoms with Crippen LogP contribution in [0, 0.1) is 0 Å². The van der Waals surface area contributed by atoms with E-state index in [2.05, 4.69) is 73.3 Å². The Kier molecular flexibility index (Phi) is 5.48. The quantitative estimate of drug-likeness (QED) is 0.395. The standard InChI is InChI=1S/C26H26N8/c1-9-31-33(11-1)15-19-2-4-20(5-3-19)16-34-17-24-25(29-18-30-26(24)32-34)28-13-21-6-7-23-14-27-10-8-22(23)12-21/h1-7,9,11-12,17-18,27H,8,10,13-16H2,(H,28,29,30,32). The normalized spacial score (nSPS) is 13.2. The van der Waals surface area contributed by atoms with Crippen LogP contribution in [0.2, 0.25) is 0 Å². The third-order valence-electron chi connectivity index (χ3n) is 6.25. The van der Waals surface area contributed by atoms with Crippen LogP contribution in [0.15, 0.2) is 73.4 Å². The lowest BCUT2D eigenvalue weighted by Crippen LogP contribution is -2.23. The molecular formula is C26H26N8. The minimum absolute atomic E-state index is 0.677. The van der Waals surface area contributed by atoms with Crippen molar-refractivity contribution < 1.29 is 0 Å². The molecule has 34 heavy (non-hydrogen) atoms. The third kappa shape index (κ3) is 4.40. The molecule has 0 saturated carbocycles. The maximum Gasteiger partial charge on any atom is 0.186 e. The van der Waals surface area contributed by atoms with Crippen molar-refractivity contribution in [2.45, 2.75) is 32.6 Å². The number of rotatable bonds is 7. The molecule has 8 heteroatoms. The summed E-state index contributed by atoms with van der Waals surface area (Å²) in [4.78, 5) is 8.86. The summed E-state index contributed by atoms with van der Waals surface area (Å²) in [5.74, 6) is 0.810. The second-order valence-electron chi connectivity index (χ2n) is 8.69. The molecule has 0 fully saturated rings. The van der Waals surface area contributed by atoms with Crippen molar-refractivity contribution in [2.24, 2.45) is 0 Å². The number of anilines is 1. The van der Waals surface area contributed by atoms with Crippen molar-refractivity contribution in [3.63, 3.8) is 0 Å². The number of hydrogen-bond donors (Lipinski definition) is 2. The molecule has 0 saturated heterocycles. The average molecular weight is 451 g/mol. The van der Waals surface area contributed by atoms with Crippen molar-refractivity contribution in [3.8, 4) is 0 Å². The van der Waals surface area contributed by atoms with Crippen molar-refractivity contribution in [1.82, 2.24) is 34.8 Å². The largest absolute Gasteiger partial charge is 0.365 e. The molecule has 0 radical (unpaired) electrons. The van der Waals surface area contributed by atoms with E-state index in [9.17, 15) is 0 Å². The highest BCUT2D eigenvalue weighted by Gasteiger charge is 2.11. The summed E-state index contributed by atoms with van der Waals surface area (Å²) in [6.45, 7) is 4.17. The Hall–Kier alpha value is -4.04. The van der Waals surface area contributed by atoms with Crippen LogP contribution in [0.5, 0.6) is 0 Å². The predicted molar refractivity (Wildman–Crippen MR) is 131 cm³/mol. The monoisotopic (exact) mass is 450 g/mol. The van der Waals surface area contributed by atoms with E-state index in [-0.39, 0.29) is 0 Å². The number of aromatic nitrogens is 6. The summed E-state index contributed by atoms with van der Waals surface area (Å²) >= 11 is 0. The van der Waals surface area contributed by atoms with Gasteiger partial charge in [0, 0.05) is 31.7 Å². The first-order valence-electron chi connectivity index (χ1n) is 11.6. The summed E-state index contributed by atoms with van der Waals surface area (Å²) in [5, 5.41) is 16.8. The lowest BCUT2D eigenvalue weighted by molar-refractivity contribution is 0.643. The molecule has 1 aliphatic heterocycles. The molecule has 1 aliphatic rings. The molecule has 0 amide bonds. The zero-order valence-corrected chi connectivity index (χ0v) is 18.9. The van der Waals surface area contributed by atoms with Gasteiger partial charge in [-0.3, -0.25) is 9.36 Å². The molecule has 8 nitrogen and oxygen atoms in total. The van der Waals surface area contributed by atoms with Crippen LogP contribution in [0.4, 0.5) is 5.82 Å². The average Bonchev–Trinajstić information content (AvgIpc) is 3.53. The van der Waals surface area contributed by atoms with E-state index < -0.39 is 0 Å². The minimum Gasteiger partial charge on any atom is -0.365 e. The fourth-order valence-corrected chi connectivity index (χ4v) is 4.45. The molecule has 2 aromatic carbocycles. The van der Waals surface area contributed by atoms with E-state index >= 15 is 0 Å². The molecule has 0 spiro atoms. The topological polar surface area (TPSA) is 85.5 Å². The van der Waals surface area contributed by atoms with Gasteiger partial charge in [-0.25, -0.2) is 9.97 Å². The third-order valence-corrected chi connectivity index (χ3v) is 6.25. The van der Waals surface area contributed by atoms with Gasteiger partial charge in [-0.2, -0.15) is 10.2 Å². The SMILES string of the molecule is c1cnn(Cc2ccc(Cn3cc4c(NCc5ccc6c(c5)CCNC6)ncnc4n3)cc2)c1. The molecule has 170 valence electrons. The summed E-state index contributed by atoms with van der Waals surface area (Å²) < 4.78 is 3.85. The molecule has 2 N–H and O–H groups in total. The summed E-state index contributed by atoms with van der Waals surface area (Å²) in [6.07, 6.45) is 8.45. The number of hydrogen-bond acceptors (Lipinski definition) is 6. The number of nitrogens with zero attached hydrogens (tertiary/aromatic N) is 6. The van der Waals surface area contributed by atoms with Crippen LogP contribution in [0.1, 0.15) is 27.8 Å². The van der Waals surface area contributed by atoms with Crippen molar-refractivity contribution >= 4 is 16.9 Å². The Morgan fingerprint density at radius 3 is 2.56 bits per heavy atom. The van der Waals surface area contributed by atoms with E-state index in [1.54, 1.807) is 12.5 Å². The smallest absolute Gasteiger partial charge is 0.186 e. The lowest BCUT2D eigenvalue weighted by atomic mass is 9.98. The van der Waals surface area contributed by atoms with Gasteiger partial charge >= 0.3 is 0 Å². The number of nitrogens with one attached hydrogen (secondary N) is 2. The van der Waals surface area contributed by atoms with E-state index in [1.807, 2.05) is 27.8 Å². The molecule has 0 bridgehead atoms. The lowest BCUT2D eigenvalue weighted by Gasteiger charge is -2.18. The van der Waals surface area contributed by atoms with Crippen molar-refractivity contribution in [2.75, 3.05) is 11.9 Å². The van der Waals surface area contributed by atoms with Crippen LogP contribution in [-0.2, 0) is 32.6 Å². The molecule has 4 heterocycles. The zero-order chi connectivity index (χ0) is 22.7. The molecule has 5 aromatic rings. The Bertz CT molecular complexity index is 1400. The van der Waals surface area contributed by atoms with E-state index in [1.165, 1.54) is 27.8 Å². The van der Waals surface area contributed by atoms with Gasteiger partial charge < -0.3 is 10.6 Å². The van der Waals surface area contributed by atoms with Gasteiger partial charge in [0.25, 0.3) is 0 Å².